The van der Waals surface area contributed by atoms with Crippen LogP contribution in [0.2, 0.25) is 0 Å². The summed E-state index contributed by atoms with van der Waals surface area (Å²) in [5, 5.41) is 10.7. The van der Waals surface area contributed by atoms with Crippen LogP contribution >= 0.6 is 0 Å². The molecule has 1 unspecified atom stereocenters. The molecule has 0 N–H and O–H groups in total. The summed E-state index contributed by atoms with van der Waals surface area (Å²) in [4.78, 5) is 9.91. The molecule has 1 aliphatic heterocycles. The van der Waals surface area contributed by atoms with E-state index in [0.29, 0.717) is 6.61 Å². The Balaban J connectivity index is 1.53. The van der Waals surface area contributed by atoms with Crippen molar-refractivity contribution in [2.45, 2.75) is 23.8 Å². The lowest BCUT2D eigenvalue weighted by atomic mass is 9.99. The number of hydrogen-bond acceptors (Lipinski definition) is 8. The van der Waals surface area contributed by atoms with Gasteiger partial charge in [-0.3, -0.25) is 14.3 Å². The summed E-state index contributed by atoms with van der Waals surface area (Å²) in [6.45, 7) is 0.673. The highest BCUT2D eigenvalue weighted by Gasteiger charge is 2.24. The molecule has 1 aliphatic rings. The highest BCUT2D eigenvalue weighted by Crippen LogP contribution is 2.34. The highest BCUT2D eigenvalue weighted by atomic mass is 32.2. The van der Waals surface area contributed by atoms with Gasteiger partial charge in [0.25, 0.3) is 15.8 Å². The molecule has 0 spiro atoms. The second kappa shape index (κ2) is 9.98. The minimum atomic E-state index is -4.03. The molecule has 30 heavy (non-hydrogen) atoms. The van der Waals surface area contributed by atoms with Crippen LogP contribution in [0.5, 0.6) is 5.75 Å². The highest BCUT2D eigenvalue weighted by molar-refractivity contribution is 7.86. The van der Waals surface area contributed by atoms with Crippen LogP contribution in [-0.2, 0) is 30.2 Å². The number of ether oxygens (including phenoxy) is 3. The Morgan fingerprint density at radius 3 is 2.63 bits per heavy atom. The molecule has 0 radical (unpaired) electrons. The number of hydrogen-bond donors (Lipinski definition) is 0. The van der Waals surface area contributed by atoms with Gasteiger partial charge in [0.05, 0.1) is 36.7 Å². The molecule has 1 heterocycles. The van der Waals surface area contributed by atoms with Crippen LogP contribution in [0.3, 0.4) is 0 Å². The SMILES string of the molecule is COc1cccc2c1C(COCCOS(=O)(=O)c1ccc([N+](=O)[O-])cc1)OCCC2. The van der Waals surface area contributed by atoms with Crippen molar-refractivity contribution in [2.24, 2.45) is 0 Å². The number of methoxy groups -OCH3 is 1. The molecule has 1 atom stereocenters. The number of non-ortho nitro benzene ring substituents is 1. The van der Waals surface area contributed by atoms with Gasteiger partial charge < -0.3 is 14.2 Å². The summed E-state index contributed by atoms with van der Waals surface area (Å²) in [5.41, 5.74) is 1.91. The summed E-state index contributed by atoms with van der Waals surface area (Å²) in [6.07, 6.45) is 1.47. The number of rotatable bonds is 9. The van der Waals surface area contributed by atoms with E-state index in [1.165, 1.54) is 0 Å². The lowest BCUT2D eigenvalue weighted by molar-refractivity contribution is -0.384. The largest absolute Gasteiger partial charge is 0.496 e. The van der Waals surface area contributed by atoms with E-state index in [1.807, 2.05) is 18.2 Å². The maximum atomic E-state index is 12.2. The molecule has 0 saturated heterocycles. The van der Waals surface area contributed by atoms with E-state index < -0.39 is 15.0 Å². The fourth-order valence-electron chi connectivity index (χ4n) is 3.25. The summed E-state index contributed by atoms with van der Waals surface area (Å²) in [5.74, 6) is 0.736. The predicted molar refractivity (Wildman–Crippen MR) is 107 cm³/mol. The number of aryl methyl sites for hydroxylation is 1. The molecular formula is C20H23NO8S. The van der Waals surface area contributed by atoms with Gasteiger partial charge in [0, 0.05) is 24.3 Å². The first-order chi connectivity index (χ1) is 14.4. The smallest absolute Gasteiger partial charge is 0.297 e. The van der Waals surface area contributed by atoms with Crippen molar-refractivity contribution in [2.75, 3.05) is 33.5 Å². The maximum absolute atomic E-state index is 12.2. The molecule has 3 rings (SSSR count). The number of nitrogens with zero attached hydrogens (tertiary/aromatic N) is 1. The number of benzene rings is 2. The number of nitro benzene ring substituents is 1. The fourth-order valence-corrected chi connectivity index (χ4v) is 4.14. The molecule has 0 amide bonds. The molecular weight excluding hydrogens is 414 g/mol. The minimum Gasteiger partial charge on any atom is -0.496 e. The maximum Gasteiger partial charge on any atom is 0.297 e. The van der Waals surface area contributed by atoms with E-state index in [1.54, 1.807) is 7.11 Å². The van der Waals surface area contributed by atoms with Crippen molar-refractivity contribution in [3.63, 3.8) is 0 Å². The number of fused-ring (bicyclic) bond motifs is 1. The lowest BCUT2D eigenvalue weighted by Crippen LogP contribution is -2.17. The topological polar surface area (TPSA) is 114 Å². The Morgan fingerprint density at radius 2 is 1.93 bits per heavy atom. The second-order valence-corrected chi connectivity index (χ2v) is 8.21. The Morgan fingerprint density at radius 1 is 1.17 bits per heavy atom. The molecule has 0 bridgehead atoms. The molecule has 0 aliphatic carbocycles. The molecule has 2 aromatic rings. The van der Waals surface area contributed by atoms with Crippen LogP contribution in [0.1, 0.15) is 23.7 Å². The van der Waals surface area contributed by atoms with Gasteiger partial charge in [-0.25, -0.2) is 0 Å². The first-order valence-electron chi connectivity index (χ1n) is 9.41. The van der Waals surface area contributed by atoms with E-state index in [-0.39, 0.29) is 36.5 Å². The van der Waals surface area contributed by atoms with Crippen LogP contribution in [0, 0.1) is 10.1 Å². The van der Waals surface area contributed by atoms with Crippen molar-refractivity contribution in [1.29, 1.82) is 0 Å². The predicted octanol–water partition coefficient (Wildman–Crippen LogP) is 3.03. The molecule has 0 saturated carbocycles. The van der Waals surface area contributed by atoms with Crippen LogP contribution in [-0.4, -0.2) is 46.9 Å². The standard InChI is InChI=1S/C20H23NO8S/c1-26-18-6-2-4-15-5-3-11-28-19(20(15)18)14-27-12-13-29-30(24,25)17-9-7-16(8-10-17)21(22)23/h2,4,6-10,19H,3,5,11-14H2,1H3. The molecule has 0 aromatic heterocycles. The van der Waals surface area contributed by atoms with Gasteiger partial charge in [0.2, 0.25) is 0 Å². The van der Waals surface area contributed by atoms with Gasteiger partial charge in [-0.2, -0.15) is 8.42 Å². The van der Waals surface area contributed by atoms with Crippen molar-refractivity contribution in [3.8, 4) is 5.75 Å². The summed E-state index contributed by atoms with van der Waals surface area (Å²) < 4.78 is 46.3. The Hall–Kier alpha value is -2.53. The van der Waals surface area contributed by atoms with Crippen LogP contribution in [0.25, 0.3) is 0 Å². The van der Waals surface area contributed by atoms with E-state index in [9.17, 15) is 18.5 Å². The summed E-state index contributed by atoms with van der Waals surface area (Å²) in [7, 11) is -2.42. The Bertz CT molecular complexity index is 975. The van der Waals surface area contributed by atoms with Crippen LogP contribution < -0.4 is 4.74 Å². The molecule has 9 nitrogen and oxygen atoms in total. The van der Waals surface area contributed by atoms with E-state index in [4.69, 9.17) is 18.4 Å². The Labute approximate surface area is 174 Å². The zero-order valence-corrected chi connectivity index (χ0v) is 17.3. The van der Waals surface area contributed by atoms with Gasteiger partial charge >= 0.3 is 0 Å². The molecule has 0 fully saturated rings. The first-order valence-corrected chi connectivity index (χ1v) is 10.8. The second-order valence-electron chi connectivity index (χ2n) is 6.60. The van der Waals surface area contributed by atoms with E-state index in [2.05, 4.69) is 0 Å². The number of nitro groups is 1. The van der Waals surface area contributed by atoms with Gasteiger partial charge in [-0.05, 0) is 36.6 Å². The first kappa shape index (κ1) is 22.2. The molecule has 2 aromatic carbocycles. The quantitative estimate of drug-likeness (QED) is 0.255. The third-order valence-corrected chi connectivity index (χ3v) is 6.01. The monoisotopic (exact) mass is 437 g/mol. The van der Waals surface area contributed by atoms with Crippen LogP contribution in [0.4, 0.5) is 5.69 Å². The van der Waals surface area contributed by atoms with Crippen LogP contribution in [0.15, 0.2) is 47.4 Å². The minimum absolute atomic E-state index is 0.0382. The van der Waals surface area contributed by atoms with Crippen molar-refractivity contribution >= 4 is 15.8 Å². The summed E-state index contributed by atoms with van der Waals surface area (Å²) >= 11 is 0. The van der Waals surface area contributed by atoms with Gasteiger partial charge in [0.15, 0.2) is 0 Å². The van der Waals surface area contributed by atoms with Crippen molar-refractivity contribution in [3.05, 3.63) is 63.7 Å². The lowest BCUT2D eigenvalue weighted by Gasteiger charge is -2.20. The van der Waals surface area contributed by atoms with Crippen molar-refractivity contribution < 1.29 is 31.7 Å². The third kappa shape index (κ3) is 5.33. The zero-order valence-electron chi connectivity index (χ0n) is 16.5. The molecule has 10 heteroatoms. The van der Waals surface area contributed by atoms with Crippen molar-refractivity contribution in [1.82, 2.24) is 0 Å². The zero-order chi connectivity index (χ0) is 21.6. The van der Waals surface area contributed by atoms with E-state index in [0.717, 1.165) is 54.0 Å². The molecule has 162 valence electrons. The fraction of sp³-hybridized carbons (Fsp3) is 0.400. The van der Waals surface area contributed by atoms with E-state index >= 15 is 0 Å². The van der Waals surface area contributed by atoms with Gasteiger partial charge in [0.1, 0.15) is 11.9 Å². The third-order valence-electron chi connectivity index (χ3n) is 4.68. The summed E-state index contributed by atoms with van der Waals surface area (Å²) in [6, 6.07) is 10.4. The Kier molecular flexibility index (Phi) is 7.38. The normalized spacial score (nSPS) is 16.5. The average molecular weight is 437 g/mol. The average Bonchev–Trinajstić information content (AvgIpc) is 2.95. The van der Waals surface area contributed by atoms with Gasteiger partial charge in [-0.15, -0.1) is 0 Å². The van der Waals surface area contributed by atoms with Gasteiger partial charge in [-0.1, -0.05) is 12.1 Å².